The summed E-state index contributed by atoms with van der Waals surface area (Å²) in [6.07, 6.45) is 5.55. The van der Waals surface area contributed by atoms with E-state index in [1.807, 2.05) is 11.8 Å². The van der Waals surface area contributed by atoms with Gasteiger partial charge in [0.1, 0.15) is 0 Å². The van der Waals surface area contributed by atoms with E-state index in [9.17, 15) is 0 Å². The Balaban J connectivity index is 1.88. The van der Waals surface area contributed by atoms with Crippen LogP contribution in [0.25, 0.3) is 0 Å². The van der Waals surface area contributed by atoms with E-state index in [1.54, 1.807) is 7.11 Å². The molecule has 0 amide bonds. The Morgan fingerprint density at radius 1 is 1.39 bits per heavy atom. The van der Waals surface area contributed by atoms with Crippen LogP contribution in [-0.4, -0.2) is 37.2 Å². The molecule has 1 N–H and O–H groups in total. The predicted octanol–water partition coefficient (Wildman–Crippen LogP) is 2.91. The molecule has 0 saturated heterocycles. The standard InChI is InChI=1S/C14H26N2OS/c1-11(2)12(8-17-3)16-13-15-9-14(10-18-13)6-4-5-7-14/h11-12H,4-10H2,1-3H3,(H,15,16). The number of rotatable bonds is 4. The molecule has 2 aliphatic rings. The van der Waals surface area contributed by atoms with Crippen molar-refractivity contribution in [1.82, 2.24) is 5.32 Å². The molecule has 1 heterocycles. The zero-order chi connectivity index (χ0) is 13.0. The van der Waals surface area contributed by atoms with Crippen LogP contribution in [0.3, 0.4) is 0 Å². The Labute approximate surface area is 115 Å². The van der Waals surface area contributed by atoms with Gasteiger partial charge in [0.15, 0.2) is 5.17 Å². The van der Waals surface area contributed by atoms with E-state index in [2.05, 4.69) is 19.2 Å². The highest BCUT2D eigenvalue weighted by Gasteiger charge is 2.36. The van der Waals surface area contributed by atoms with Crippen LogP contribution in [0.1, 0.15) is 39.5 Å². The minimum atomic E-state index is 0.374. The number of hydrogen-bond donors (Lipinski definition) is 1. The van der Waals surface area contributed by atoms with Crippen molar-refractivity contribution in [2.24, 2.45) is 16.3 Å². The molecule has 1 atom stereocenters. The second kappa shape index (κ2) is 6.29. The summed E-state index contributed by atoms with van der Waals surface area (Å²) in [5, 5.41) is 4.68. The fourth-order valence-corrected chi connectivity index (χ4v) is 4.02. The Morgan fingerprint density at radius 2 is 2.11 bits per heavy atom. The Kier molecular flexibility index (Phi) is 4.96. The third kappa shape index (κ3) is 3.41. The Hall–Kier alpha value is -0.220. The fraction of sp³-hybridized carbons (Fsp3) is 0.929. The molecule has 1 fully saturated rings. The smallest absolute Gasteiger partial charge is 0.156 e. The molecule has 4 heteroatoms. The van der Waals surface area contributed by atoms with Crippen molar-refractivity contribution in [3.63, 3.8) is 0 Å². The van der Waals surface area contributed by atoms with Gasteiger partial charge in [0.05, 0.1) is 12.6 Å². The minimum absolute atomic E-state index is 0.374. The molecule has 2 rings (SSSR count). The Morgan fingerprint density at radius 3 is 2.61 bits per heavy atom. The van der Waals surface area contributed by atoms with E-state index in [4.69, 9.17) is 9.73 Å². The average molecular weight is 270 g/mol. The average Bonchev–Trinajstić information content (AvgIpc) is 2.80. The topological polar surface area (TPSA) is 33.6 Å². The quantitative estimate of drug-likeness (QED) is 0.853. The molecule has 1 saturated carbocycles. The van der Waals surface area contributed by atoms with Gasteiger partial charge < -0.3 is 10.1 Å². The molecule has 3 nitrogen and oxygen atoms in total. The third-order valence-corrected chi connectivity index (χ3v) is 5.47. The number of methoxy groups -OCH3 is 1. The van der Waals surface area contributed by atoms with Crippen molar-refractivity contribution in [3.8, 4) is 0 Å². The second-order valence-corrected chi connectivity index (χ2v) is 7.03. The summed E-state index contributed by atoms with van der Waals surface area (Å²) in [6.45, 7) is 6.23. The highest BCUT2D eigenvalue weighted by atomic mass is 32.2. The van der Waals surface area contributed by atoms with E-state index in [-0.39, 0.29) is 0 Å². The summed E-state index contributed by atoms with van der Waals surface area (Å²) in [7, 11) is 1.76. The number of nitrogens with one attached hydrogen (secondary N) is 1. The molecule has 0 aromatic rings. The first-order valence-corrected chi connectivity index (χ1v) is 8.06. The lowest BCUT2D eigenvalue weighted by Crippen LogP contribution is -2.43. The maximum atomic E-state index is 5.27. The molecular formula is C14H26N2OS. The first-order valence-electron chi connectivity index (χ1n) is 7.08. The first-order chi connectivity index (χ1) is 8.65. The van der Waals surface area contributed by atoms with Gasteiger partial charge in [0.25, 0.3) is 0 Å². The van der Waals surface area contributed by atoms with Crippen molar-refractivity contribution in [2.75, 3.05) is 26.0 Å². The van der Waals surface area contributed by atoms with Crippen LogP contribution < -0.4 is 5.32 Å². The van der Waals surface area contributed by atoms with Gasteiger partial charge in [-0.2, -0.15) is 0 Å². The molecule has 1 unspecified atom stereocenters. The van der Waals surface area contributed by atoms with Gasteiger partial charge in [-0.1, -0.05) is 38.5 Å². The molecule has 1 aliphatic heterocycles. The van der Waals surface area contributed by atoms with Gasteiger partial charge in [-0.15, -0.1) is 0 Å². The van der Waals surface area contributed by atoms with E-state index >= 15 is 0 Å². The van der Waals surface area contributed by atoms with Crippen molar-refractivity contribution in [1.29, 1.82) is 0 Å². The van der Waals surface area contributed by atoms with Crippen LogP contribution >= 0.6 is 11.8 Å². The van der Waals surface area contributed by atoms with Crippen LogP contribution in [0, 0.1) is 11.3 Å². The monoisotopic (exact) mass is 270 g/mol. The Bertz CT molecular complexity index is 298. The van der Waals surface area contributed by atoms with Crippen LogP contribution in [-0.2, 0) is 4.74 Å². The van der Waals surface area contributed by atoms with Gasteiger partial charge in [-0.25, -0.2) is 0 Å². The SMILES string of the molecule is COCC(NC1=NCC2(CCCC2)CS1)C(C)C. The summed E-state index contributed by atoms with van der Waals surface area (Å²) in [4.78, 5) is 4.78. The third-order valence-electron chi connectivity index (χ3n) is 4.20. The highest BCUT2D eigenvalue weighted by Crippen LogP contribution is 2.43. The first kappa shape index (κ1) is 14.2. The molecule has 0 aromatic carbocycles. The van der Waals surface area contributed by atoms with Gasteiger partial charge in [-0.3, -0.25) is 4.99 Å². The van der Waals surface area contributed by atoms with E-state index in [0.717, 1.165) is 18.3 Å². The van der Waals surface area contributed by atoms with Crippen molar-refractivity contribution >= 4 is 16.9 Å². The summed E-state index contributed by atoms with van der Waals surface area (Å²) in [5.74, 6) is 1.81. The van der Waals surface area contributed by atoms with Crippen LogP contribution in [0.2, 0.25) is 0 Å². The number of nitrogens with zero attached hydrogens (tertiary/aromatic N) is 1. The van der Waals surface area contributed by atoms with Crippen molar-refractivity contribution in [2.45, 2.75) is 45.6 Å². The van der Waals surface area contributed by atoms with E-state index < -0.39 is 0 Å². The van der Waals surface area contributed by atoms with Crippen LogP contribution in [0.15, 0.2) is 4.99 Å². The lowest BCUT2D eigenvalue weighted by Gasteiger charge is -2.33. The summed E-state index contributed by atoms with van der Waals surface area (Å²) < 4.78 is 5.27. The molecule has 0 bridgehead atoms. The van der Waals surface area contributed by atoms with Gasteiger partial charge in [0, 0.05) is 19.4 Å². The molecule has 18 heavy (non-hydrogen) atoms. The summed E-state index contributed by atoms with van der Waals surface area (Å²) in [6, 6.07) is 0.374. The zero-order valence-corrected chi connectivity index (χ0v) is 12.7. The van der Waals surface area contributed by atoms with Crippen molar-refractivity contribution < 1.29 is 4.74 Å². The second-order valence-electron chi connectivity index (χ2n) is 6.07. The maximum absolute atomic E-state index is 5.27. The normalized spacial score (nSPS) is 24.3. The van der Waals surface area contributed by atoms with E-state index in [1.165, 1.54) is 31.4 Å². The lowest BCUT2D eigenvalue weighted by atomic mass is 9.89. The van der Waals surface area contributed by atoms with Crippen LogP contribution in [0.4, 0.5) is 0 Å². The molecule has 0 aromatic heterocycles. The maximum Gasteiger partial charge on any atom is 0.156 e. The predicted molar refractivity (Wildman–Crippen MR) is 79.3 cm³/mol. The number of aliphatic imine (C=N–C) groups is 1. The van der Waals surface area contributed by atoms with Crippen LogP contribution in [0.5, 0.6) is 0 Å². The van der Waals surface area contributed by atoms with Gasteiger partial charge in [0.2, 0.25) is 0 Å². The summed E-state index contributed by atoms with van der Waals surface area (Å²) >= 11 is 1.91. The largest absolute Gasteiger partial charge is 0.383 e. The molecule has 104 valence electrons. The molecule has 1 spiro atoms. The molecule has 1 aliphatic carbocycles. The van der Waals surface area contributed by atoms with Gasteiger partial charge in [-0.05, 0) is 24.2 Å². The van der Waals surface area contributed by atoms with Crippen molar-refractivity contribution in [3.05, 3.63) is 0 Å². The number of ether oxygens (including phenoxy) is 1. The number of thioether (sulfide) groups is 1. The lowest BCUT2D eigenvalue weighted by molar-refractivity contribution is 0.156. The highest BCUT2D eigenvalue weighted by molar-refractivity contribution is 8.13. The van der Waals surface area contributed by atoms with E-state index in [0.29, 0.717) is 17.4 Å². The summed E-state index contributed by atoms with van der Waals surface area (Å²) in [5.41, 5.74) is 0.532. The zero-order valence-electron chi connectivity index (χ0n) is 11.9. The van der Waals surface area contributed by atoms with Gasteiger partial charge >= 0.3 is 0 Å². The number of amidine groups is 1. The minimum Gasteiger partial charge on any atom is -0.383 e. The molecule has 0 radical (unpaired) electrons. The fourth-order valence-electron chi connectivity index (χ4n) is 2.81. The number of hydrogen-bond acceptors (Lipinski definition) is 4. The molecular weight excluding hydrogens is 244 g/mol.